The minimum Gasteiger partial charge on any atom is -0.373 e. The first-order chi connectivity index (χ1) is 10.3. The third kappa shape index (κ3) is 3.32. The first-order valence-corrected chi connectivity index (χ1v) is 7.71. The quantitative estimate of drug-likeness (QED) is 0.837. The van der Waals surface area contributed by atoms with Crippen molar-refractivity contribution in [3.8, 4) is 0 Å². The minimum atomic E-state index is 0.546. The molecule has 1 fully saturated rings. The molecule has 0 spiro atoms. The molecule has 1 heterocycles. The van der Waals surface area contributed by atoms with Gasteiger partial charge in [-0.1, -0.05) is 31.5 Å². The highest BCUT2D eigenvalue weighted by atomic mass is 15.1. The molecule has 0 saturated heterocycles. The van der Waals surface area contributed by atoms with E-state index in [1.165, 1.54) is 18.4 Å². The first kappa shape index (κ1) is 13.9. The molecule has 0 unspecified atom stereocenters. The smallest absolute Gasteiger partial charge is 0.136 e. The van der Waals surface area contributed by atoms with E-state index in [0.717, 1.165) is 36.0 Å². The van der Waals surface area contributed by atoms with Crippen molar-refractivity contribution >= 4 is 17.3 Å². The summed E-state index contributed by atoms with van der Waals surface area (Å²) in [4.78, 5) is 9.23. The molecular formula is C17H22N4. The number of aromatic nitrogens is 2. The monoisotopic (exact) mass is 282 g/mol. The van der Waals surface area contributed by atoms with Crippen molar-refractivity contribution in [3.63, 3.8) is 0 Å². The predicted octanol–water partition coefficient (Wildman–Crippen LogP) is 4.09. The molecular weight excluding hydrogens is 260 g/mol. The second-order valence-electron chi connectivity index (χ2n) is 5.55. The van der Waals surface area contributed by atoms with Crippen LogP contribution in [0.25, 0.3) is 0 Å². The summed E-state index contributed by atoms with van der Waals surface area (Å²) < 4.78 is 0. The predicted molar refractivity (Wildman–Crippen MR) is 87.3 cm³/mol. The molecule has 1 saturated carbocycles. The summed E-state index contributed by atoms with van der Waals surface area (Å²) in [6.45, 7) is 2.20. The zero-order valence-corrected chi connectivity index (χ0v) is 12.7. The Morgan fingerprint density at radius 2 is 1.90 bits per heavy atom. The van der Waals surface area contributed by atoms with Gasteiger partial charge in [-0.25, -0.2) is 9.97 Å². The summed E-state index contributed by atoms with van der Waals surface area (Å²) in [7, 11) is 1.90. The fourth-order valence-electron chi connectivity index (χ4n) is 2.45. The van der Waals surface area contributed by atoms with E-state index in [2.05, 4.69) is 51.8 Å². The van der Waals surface area contributed by atoms with Crippen LogP contribution in [0.3, 0.4) is 0 Å². The second kappa shape index (κ2) is 6.12. The molecule has 0 radical (unpaired) electrons. The Morgan fingerprint density at radius 1 is 1.14 bits per heavy atom. The van der Waals surface area contributed by atoms with Crippen molar-refractivity contribution in [3.05, 3.63) is 41.7 Å². The van der Waals surface area contributed by atoms with Gasteiger partial charge in [0, 0.05) is 24.7 Å². The van der Waals surface area contributed by atoms with Gasteiger partial charge >= 0.3 is 0 Å². The first-order valence-electron chi connectivity index (χ1n) is 7.71. The highest BCUT2D eigenvalue weighted by Gasteiger charge is 2.27. The van der Waals surface area contributed by atoms with Crippen LogP contribution in [0.2, 0.25) is 0 Å². The number of nitrogens with zero attached hydrogens (tertiary/aromatic N) is 2. The van der Waals surface area contributed by atoms with E-state index in [-0.39, 0.29) is 0 Å². The summed E-state index contributed by atoms with van der Waals surface area (Å²) >= 11 is 0. The van der Waals surface area contributed by atoms with Gasteiger partial charge in [0.15, 0.2) is 0 Å². The molecule has 4 heteroatoms. The van der Waals surface area contributed by atoms with Gasteiger partial charge in [0.1, 0.15) is 17.5 Å². The molecule has 2 N–H and O–H groups in total. The van der Waals surface area contributed by atoms with Gasteiger partial charge in [-0.3, -0.25) is 0 Å². The Balaban J connectivity index is 1.88. The zero-order valence-electron chi connectivity index (χ0n) is 12.7. The van der Waals surface area contributed by atoms with E-state index >= 15 is 0 Å². The molecule has 4 nitrogen and oxygen atoms in total. The van der Waals surface area contributed by atoms with E-state index in [4.69, 9.17) is 0 Å². The maximum atomic E-state index is 4.68. The molecule has 1 aromatic heterocycles. The third-order valence-corrected chi connectivity index (χ3v) is 3.74. The van der Waals surface area contributed by atoms with Gasteiger partial charge < -0.3 is 10.6 Å². The van der Waals surface area contributed by atoms with Crippen LogP contribution in [0.4, 0.5) is 17.3 Å². The summed E-state index contributed by atoms with van der Waals surface area (Å²) in [6.07, 6.45) is 4.62. The SMILES string of the molecule is CCCc1ccccc1Nc1cc(NC)nc(C2CC2)n1. The van der Waals surface area contributed by atoms with E-state index in [1.54, 1.807) is 0 Å². The number of hydrogen-bond donors (Lipinski definition) is 2. The average Bonchev–Trinajstić information content (AvgIpc) is 3.34. The van der Waals surface area contributed by atoms with E-state index in [9.17, 15) is 0 Å². The Labute approximate surface area is 126 Å². The lowest BCUT2D eigenvalue weighted by atomic mass is 10.1. The number of anilines is 3. The van der Waals surface area contributed by atoms with Crippen molar-refractivity contribution in [2.45, 2.75) is 38.5 Å². The minimum absolute atomic E-state index is 0.546. The molecule has 21 heavy (non-hydrogen) atoms. The van der Waals surface area contributed by atoms with Crippen molar-refractivity contribution in [1.82, 2.24) is 9.97 Å². The van der Waals surface area contributed by atoms with Gasteiger partial charge in [-0.2, -0.15) is 0 Å². The molecule has 1 aliphatic carbocycles. The Bertz CT molecular complexity index is 620. The summed E-state index contributed by atoms with van der Waals surface area (Å²) in [5.74, 6) is 3.25. The average molecular weight is 282 g/mol. The highest BCUT2D eigenvalue weighted by Crippen LogP contribution is 2.39. The maximum Gasteiger partial charge on any atom is 0.136 e. The Morgan fingerprint density at radius 3 is 2.62 bits per heavy atom. The molecule has 0 bridgehead atoms. The Hall–Kier alpha value is -2.10. The van der Waals surface area contributed by atoms with Gasteiger partial charge in [0.25, 0.3) is 0 Å². The second-order valence-corrected chi connectivity index (χ2v) is 5.55. The number of para-hydroxylation sites is 1. The van der Waals surface area contributed by atoms with E-state index in [0.29, 0.717) is 5.92 Å². The standard InChI is InChI=1S/C17H22N4/c1-3-6-12-7-4-5-8-14(12)19-16-11-15(18-2)20-17(21-16)13-9-10-13/h4-5,7-8,11,13H,3,6,9-10H2,1-2H3,(H2,18,19,20,21). The number of aryl methyl sites for hydroxylation is 1. The van der Waals surface area contributed by atoms with Crippen LogP contribution in [0.15, 0.2) is 30.3 Å². The van der Waals surface area contributed by atoms with Crippen molar-refractivity contribution in [1.29, 1.82) is 0 Å². The van der Waals surface area contributed by atoms with Crippen molar-refractivity contribution in [2.24, 2.45) is 0 Å². The van der Waals surface area contributed by atoms with Crippen LogP contribution in [0.1, 0.15) is 43.5 Å². The molecule has 3 rings (SSSR count). The normalized spacial score (nSPS) is 14.0. The van der Waals surface area contributed by atoms with Crippen LogP contribution in [0, 0.1) is 0 Å². The molecule has 1 aliphatic rings. The van der Waals surface area contributed by atoms with Gasteiger partial charge in [0.2, 0.25) is 0 Å². The molecule has 110 valence electrons. The van der Waals surface area contributed by atoms with Crippen LogP contribution in [-0.2, 0) is 6.42 Å². The number of benzene rings is 1. The van der Waals surface area contributed by atoms with E-state index in [1.807, 2.05) is 13.1 Å². The van der Waals surface area contributed by atoms with Crippen molar-refractivity contribution < 1.29 is 0 Å². The van der Waals surface area contributed by atoms with Crippen LogP contribution in [-0.4, -0.2) is 17.0 Å². The number of nitrogens with one attached hydrogen (secondary N) is 2. The molecule has 0 aliphatic heterocycles. The molecule has 0 amide bonds. The summed E-state index contributed by atoms with van der Waals surface area (Å²) in [5, 5.41) is 6.59. The molecule has 1 aromatic carbocycles. The lowest BCUT2D eigenvalue weighted by Gasteiger charge is -2.13. The lowest BCUT2D eigenvalue weighted by molar-refractivity contribution is 0.918. The lowest BCUT2D eigenvalue weighted by Crippen LogP contribution is -2.04. The summed E-state index contributed by atoms with van der Waals surface area (Å²) in [5.41, 5.74) is 2.47. The third-order valence-electron chi connectivity index (χ3n) is 3.74. The van der Waals surface area contributed by atoms with Gasteiger partial charge in [0.05, 0.1) is 0 Å². The van der Waals surface area contributed by atoms with Gasteiger partial charge in [-0.15, -0.1) is 0 Å². The van der Waals surface area contributed by atoms with Crippen LogP contribution in [0.5, 0.6) is 0 Å². The highest BCUT2D eigenvalue weighted by molar-refractivity contribution is 5.62. The number of rotatable bonds is 6. The zero-order chi connectivity index (χ0) is 14.7. The molecule has 2 aromatic rings. The fourth-order valence-corrected chi connectivity index (χ4v) is 2.45. The Kier molecular flexibility index (Phi) is 4.04. The van der Waals surface area contributed by atoms with Crippen molar-refractivity contribution in [2.75, 3.05) is 17.7 Å². The van der Waals surface area contributed by atoms with Gasteiger partial charge in [-0.05, 0) is 30.9 Å². The maximum absolute atomic E-state index is 4.68. The van der Waals surface area contributed by atoms with Crippen LogP contribution >= 0.6 is 0 Å². The largest absolute Gasteiger partial charge is 0.373 e. The van der Waals surface area contributed by atoms with E-state index < -0.39 is 0 Å². The topological polar surface area (TPSA) is 49.8 Å². The summed E-state index contributed by atoms with van der Waals surface area (Å²) in [6, 6.07) is 10.4. The number of hydrogen-bond acceptors (Lipinski definition) is 4. The molecule has 0 atom stereocenters. The van der Waals surface area contributed by atoms with Crippen LogP contribution < -0.4 is 10.6 Å². The fraction of sp³-hybridized carbons (Fsp3) is 0.412.